The Labute approximate surface area is 115 Å². The molecule has 1 saturated heterocycles. The van der Waals surface area contributed by atoms with E-state index in [-0.39, 0.29) is 5.91 Å². The van der Waals surface area contributed by atoms with E-state index in [4.69, 9.17) is 0 Å². The van der Waals surface area contributed by atoms with E-state index in [1.165, 1.54) is 5.56 Å². The van der Waals surface area contributed by atoms with Gasteiger partial charge in [0, 0.05) is 25.3 Å². The molecule has 4 heteroatoms. The molecule has 0 spiro atoms. The van der Waals surface area contributed by atoms with E-state index in [2.05, 4.69) is 46.7 Å². The molecule has 1 aromatic rings. The van der Waals surface area contributed by atoms with Gasteiger partial charge in [-0.05, 0) is 37.1 Å². The molecule has 1 aromatic carbocycles. The molecule has 0 aliphatic carbocycles. The first-order valence-electron chi connectivity index (χ1n) is 7.11. The first-order chi connectivity index (χ1) is 9.29. The van der Waals surface area contributed by atoms with Crippen LogP contribution in [0, 0.1) is 0 Å². The second-order valence-electron chi connectivity index (χ2n) is 4.97. The summed E-state index contributed by atoms with van der Waals surface area (Å²) in [7, 11) is 0. The molecule has 1 aliphatic rings. The second-order valence-corrected chi connectivity index (χ2v) is 4.97. The lowest BCUT2D eigenvalue weighted by molar-refractivity contribution is -0.119. The second kappa shape index (κ2) is 7.14. The van der Waals surface area contributed by atoms with Crippen LogP contribution in [0.4, 0.5) is 5.69 Å². The normalized spacial score (nSPS) is 16.1. The number of hydrogen-bond acceptors (Lipinski definition) is 3. The fraction of sp³-hybridized carbons (Fsp3) is 0.533. The van der Waals surface area contributed by atoms with Crippen LogP contribution in [0.3, 0.4) is 0 Å². The molecule has 0 radical (unpaired) electrons. The SMILES string of the molecule is CCCNCc1ccc(N2CCCNC(=O)C2)cc1. The molecule has 104 valence electrons. The topological polar surface area (TPSA) is 44.4 Å². The van der Waals surface area contributed by atoms with E-state index in [0.717, 1.165) is 44.7 Å². The maximum absolute atomic E-state index is 11.5. The lowest BCUT2D eigenvalue weighted by Gasteiger charge is -2.21. The van der Waals surface area contributed by atoms with Crippen molar-refractivity contribution in [2.45, 2.75) is 26.3 Å². The van der Waals surface area contributed by atoms with Crippen LogP contribution in [0.15, 0.2) is 24.3 Å². The third-order valence-corrected chi connectivity index (χ3v) is 3.32. The van der Waals surface area contributed by atoms with Crippen molar-refractivity contribution < 1.29 is 4.79 Å². The van der Waals surface area contributed by atoms with Crippen LogP contribution >= 0.6 is 0 Å². The molecule has 0 unspecified atom stereocenters. The molecule has 1 fully saturated rings. The summed E-state index contributed by atoms with van der Waals surface area (Å²) in [5, 5.41) is 6.29. The number of rotatable bonds is 5. The maximum atomic E-state index is 11.5. The van der Waals surface area contributed by atoms with Crippen molar-refractivity contribution in [3.8, 4) is 0 Å². The van der Waals surface area contributed by atoms with Gasteiger partial charge in [-0.2, -0.15) is 0 Å². The minimum absolute atomic E-state index is 0.117. The summed E-state index contributed by atoms with van der Waals surface area (Å²) >= 11 is 0. The van der Waals surface area contributed by atoms with Crippen molar-refractivity contribution in [3.63, 3.8) is 0 Å². The van der Waals surface area contributed by atoms with Crippen molar-refractivity contribution >= 4 is 11.6 Å². The van der Waals surface area contributed by atoms with Crippen LogP contribution in [-0.4, -0.2) is 32.1 Å². The molecule has 2 N–H and O–H groups in total. The van der Waals surface area contributed by atoms with Crippen LogP contribution in [0.2, 0.25) is 0 Å². The average molecular weight is 261 g/mol. The molecular weight excluding hydrogens is 238 g/mol. The summed E-state index contributed by atoms with van der Waals surface area (Å²) in [6.45, 7) is 6.32. The zero-order valence-corrected chi connectivity index (χ0v) is 11.6. The van der Waals surface area contributed by atoms with Crippen molar-refractivity contribution in [2.24, 2.45) is 0 Å². The molecule has 19 heavy (non-hydrogen) atoms. The summed E-state index contributed by atoms with van der Waals surface area (Å²) < 4.78 is 0. The first kappa shape index (κ1) is 13.9. The van der Waals surface area contributed by atoms with Gasteiger partial charge in [-0.3, -0.25) is 4.79 Å². The highest BCUT2D eigenvalue weighted by atomic mass is 16.2. The average Bonchev–Trinajstić information content (AvgIpc) is 2.65. The molecule has 2 rings (SSSR count). The number of anilines is 1. The highest BCUT2D eigenvalue weighted by molar-refractivity contribution is 5.81. The number of amides is 1. The van der Waals surface area contributed by atoms with Gasteiger partial charge in [0.15, 0.2) is 0 Å². The Morgan fingerprint density at radius 3 is 2.84 bits per heavy atom. The van der Waals surface area contributed by atoms with Crippen molar-refractivity contribution in [1.29, 1.82) is 0 Å². The quantitative estimate of drug-likeness (QED) is 0.790. The molecule has 1 amide bonds. The molecule has 0 bridgehead atoms. The third-order valence-electron chi connectivity index (χ3n) is 3.32. The number of benzene rings is 1. The third kappa shape index (κ3) is 4.24. The number of nitrogens with one attached hydrogen (secondary N) is 2. The van der Waals surface area contributed by atoms with Gasteiger partial charge in [0.1, 0.15) is 0 Å². The molecule has 0 atom stereocenters. The summed E-state index contributed by atoms with van der Waals surface area (Å²) in [6, 6.07) is 8.50. The Balaban J connectivity index is 1.94. The minimum atomic E-state index is 0.117. The van der Waals surface area contributed by atoms with E-state index in [0.29, 0.717) is 6.54 Å². The standard InChI is InChI=1S/C15H23N3O/c1-2-8-16-11-13-4-6-14(7-5-13)18-10-3-9-17-15(19)12-18/h4-7,16H,2-3,8-12H2,1H3,(H,17,19). The summed E-state index contributed by atoms with van der Waals surface area (Å²) in [6.07, 6.45) is 2.16. The number of carbonyl (C=O) groups excluding carboxylic acids is 1. The van der Waals surface area contributed by atoms with Gasteiger partial charge in [-0.25, -0.2) is 0 Å². The van der Waals surface area contributed by atoms with Crippen LogP contribution in [0.1, 0.15) is 25.3 Å². The van der Waals surface area contributed by atoms with E-state index < -0.39 is 0 Å². The predicted octanol–water partition coefficient (Wildman–Crippen LogP) is 1.51. The Hall–Kier alpha value is -1.55. The van der Waals surface area contributed by atoms with Crippen LogP contribution in [0.25, 0.3) is 0 Å². The monoisotopic (exact) mass is 261 g/mol. The zero-order valence-electron chi connectivity index (χ0n) is 11.6. The van der Waals surface area contributed by atoms with E-state index in [1.54, 1.807) is 0 Å². The lowest BCUT2D eigenvalue weighted by Crippen LogP contribution is -2.32. The smallest absolute Gasteiger partial charge is 0.239 e. The molecule has 1 heterocycles. The Morgan fingerprint density at radius 2 is 2.11 bits per heavy atom. The van der Waals surface area contributed by atoms with Crippen LogP contribution < -0.4 is 15.5 Å². The number of nitrogens with zero attached hydrogens (tertiary/aromatic N) is 1. The fourth-order valence-corrected chi connectivity index (χ4v) is 2.26. The van der Waals surface area contributed by atoms with Crippen molar-refractivity contribution in [3.05, 3.63) is 29.8 Å². The lowest BCUT2D eigenvalue weighted by atomic mass is 10.2. The molecular formula is C15H23N3O. The highest BCUT2D eigenvalue weighted by Crippen LogP contribution is 2.16. The molecule has 1 aliphatic heterocycles. The summed E-state index contributed by atoms with van der Waals surface area (Å²) in [5.41, 5.74) is 2.42. The van der Waals surface area contributed by atoms with E-state index in [9.17, 15) is 4.79 Å². The summed E-state index contributed by atoms with van der Waals surface area (Å²) in [4.78, 5) is 13.7. The Morgan fingerprint density at radius 1 is 1.32 bits per heavy atom. The van der Waals surface area contributed by atoms with Gasteiger partial charge in [-0.1, -0.05) is 19.1 Å². The van der Waals surface area contributed by atoms with Crippen LogP contribution in [0.5, 0.6) is 0 Å². The van der Waals surface area contributed by atoms with Gasteiger partial charge in [0.2, 0.25) is 5.91 Å². The van der Waals surface area contributed by atoms with E-state index >= 15 is 0 Å². The van der Waals surface area contributed by atoms with Gasteiger partial charge in [0.25, 0.3) is 0 Å². The molecule has 0 aromatic heterocycles. The van der Waals surface area contributed by atoms with Crippen molar-refractivity contribution in [1.82, 2.24) is 10.6 Å². The first-order valence-corrected chi connectivity index (χ1v) is 7.11. The summed E-state index contributed by atoms with van der Waals surface area (Å²) in [5.74, 6) is 0.117. The van der Waals surface area contributed by atoms with Gasteiger partial charge < -0.3 is 15.5 Å². The zero-order chi connectivity index (χ0) is 13.5. The van der Waals surface area contributed by atoms with Crippen LogP contribution in [-0.2, 0) is 11.3 Å². The minimum Gasteiger partial charge on any atom is -0.362 e. The highest BCUT2D eigenvalue weighted by Gasteiger charge is 2.14. The number of hydrogen-bond donors (Lipinski definition) is 2. The number of carbonyl (C=O) groups is 1. The maximum Gasteiger partial charge on any atom is 0.239 e. The Kier molecular flexibility index (Phi) is 5.21. The van der Waals surface area contributed by atoms with Gasteiger partial charge >= 0.3 is 0 Å². The van der Waals surface area contributed by atoms with Gasteiger partial charge in [-0.15, -0.1) is 0 Å². The molecule has 0 saturated carbocycles. The predicted molar refractivity (Wildman–Crippen MR) is 78.3 cm³/mol. The van der Waals surface area contributed by atoms with Crippen molar-refractivity contribution in [2.75, 3.05) is 31.1 Å². The molecule has 4 nitrogen and oxygen atoms in total. The fourth-order valence-electron chi connectivity index (χ4n) is 2.26. The Bertz CT molecular complexity index is 402. The van der Waals surface area contributed by atoms with E-state index in [1.807, 2.05) is 0 Å². The largest absolute Gasteiger partial charge is 0.362 e. The van der Waals surface area contributed by atoms with Gasteiger partial charge in [0.05, 0.1) is 6.54 Å².